The lowest BCUT2D eigenvalue weighted by atomic mass is 9.81. The number of nitrogens with one attached hydrogen (secondary N) is 1. The van der Waals surface area contributed by atoms with Crippen molar-refractivity contribution in [2.45, 2.75) is 66.3 Å². The Kier molecular flexibility index (Phi) is 8.84. The molecule has 0 aromatic carbocycles. The van der Waals surface area contributed by atoms with Gasteiger partial charge in [-0.05, 0) is 57.3 Å². The van der Waals surface area contributed by atoms with E-state index in [1.165, 1.54) is 65.0 Å². The summed E-state index contributed by atoms with van der Waals surface area (Å²) in [5, 5.41) is 3.67. The molecule has 1 aliphatic rings. The zero-order chi connectivity index (χ0) is 15.7. The van der Waals surface area contributed by atoms with E-state index in [1.54, 1.807) is 0 Å². The van der Waals surface area contributed by atoms with Gasteiger partial charge in [0, 0.05) is 25.7 Å². The Hall–Kier alpha value is -0.120. The van der Waals surface area contributed by atoms with Crippen LogP contribution < -0.4 is 5.32 Å². The van der Waals surface area contributed by atoms with Crippen LogP contribution in [0.2, 0.25) is 0 Å². The zero-order valence-electron chi connectivity index (χ0n) is 15.2. The van der Waals surface area contributed by atoms with Gasteiger partial charge in [-0.3, -0.25) is 4.90 Å². The molecule has 0 saturated carbocycles. The van der Waals surface area contributed by atoms with E-state index in [1.807, 2.05) is 0 Å². The third-order valence-corrected chi connectivity index (χ3v) is 5.56. The Morgan fingerprint density at radius 3 is 2.29 bits per heavy atom. The van der Waals surface area contributed by atoms with Gasteiger partial charge in [0.1, 0.15) is 0 Å². The molecule has 0 bridgehead atoms. The van der Waals surface area contributed by atoms with Gasteiger partial charge in [0.2, 0.25) is 0 Å². The fourth-order valence-electron chi connectivity index (χ4n) is 3.78. The Bertz CT molecular complexity index is 259. The molecule has 1 aliphatic heterocycles. The van der Waals surface area contributed by atoms with E-state index in [0.29, 0.717) is 5.41 Å². The van der Waals surface area contributed by atoms with Crippen molar-refractivity contribution in [1.29, 1.82) is 0 Å². The van der Waals surface area contributed by atoms with E-state index in [-0.39, 0.29) is 0 Å². The molecule has 21 heavy (non-hydrogen) atoms. The number of hydrogen-bond donors (Lipinski definition) is 1. The van der Waals surface area contributed by atoms with Gasteiger partial charge in [0.25, 0.3) is 0 Å². The van der Waals surface area contributed by atoms with Crippen LogP contribution >= 0.6 is 0 Å². The molecule has 1 rings (SSSR count). The third-order valence-electron chi connectivity index (χ3n) is 5.56. The minimum atomic E-state index is 0.466. The normalized spacial score (nSPS) is 20.6. The van der Waals surface area contributed by atoms with Crippen LogP contribution in [0.5, 0.6) is 0 Å². The van der Waals surface area contributed by atoms with Gasteiger partial charge in [-0.15, -0.1) is 0 Å². The summed E-state index contributed by atoms with van der Waals surface area (Å²) in [6, 6.07) is 0.787. The SMILES string of the molecule is CCCNCC(CC)(CC)CN1CCC(N(CC)CC)C1. The fourth-order valence-corrected chi connectivity index (χ4v) is 3.78. The molecule has 0 aromatic rings. The topological polar surface area (TPSA) is 18.5 Å². The van der Waals surface area contributed by atoms with Crippen LogP contribution in [0.15, 0.2) is 0 Å². The summed E-state index contributed by atoms with van der Waals surface area (Å²) in [5.74, 6) is 0. The first-order valence-corrected chi connectivity index (χ1v) is 9.31. The molecule has 126 valence electrons. The highest BCUT2D eigenvalue weighted by molar-refractivity contribution is 4.89. The van der Waals surface area contributed by atoms with Crippen molar-refractivity contribution < 1.29 is 0 Å². The molecule has 0 amide bonds. The minimum Gasteiger partial charge on any atom is -0.316 e. The molecule has 1 heterocycles. The molecule has 0 aliphatic carbocycles. The van der Waals surface area contributed by atoms with Crippen molar-refractivity contribution in [3.8, 4) is 0 Å². The smallest absolute Gasteiger partial charge is 0.0235 e. The van der Waals surface area contributed by atoms with Crippen LogP contribution in [0, 0.1) is 5.41 Å². The maximum Gasteiger partial charge on any atom is 0.0235 e. The quantitative estimate of drug-likeness (QED) is 0.591. The van der Waals surface area contributed by atoms with Crippen LogP contribution in [0.25, 0.3) is 0 Å². The predicted octanol–water partition coefficient (Wildman–Crippen LogP) is 3.21. The van der Waals surface area contributed by atoms with Gasteiger partial charge in [-0.1, -0.05) is 34.6 Å². The molecule has 3 heteroatoms. The maximum atomic E-state index is 3.67. The molecule has 1 fully saturated rings. The molecule has 1 atom stereocenters. The fraction of sp³-hybridized carbons (Fsp3) is 1.00. The Morgan fingerprint density at radius 1 is 1.10 bits per heavy atom. The van der Waals surface area contributed by atoms with Gasteiger partial charge < -0.3 is 10.2 Å². The Morgan fingerprint density at radius 2 is 1.76 bits per heavy atom. The summed E-state index contributed by atoms with van der Waals surface area (Å²) in [5.41, 5.74) is 0.466. The van der Waals surface area contributed by atoms with E-state index >= 15 is 0 Å². The standard InChI is InChI=1S/C18H39N3/c1-6-12-19-15-18(7-2,8-3)16-20-13-11-17(14-20)21(9-4)10-5/h17,19H,6-16H2,1-5H3. The van der Waals surface area contributed by atoms with E-state index < -0.39 is 0 Å². The molecule has 0 radical (unpaired) electrons. The summed E-state index contributed by atoms with van der Waals surface area (Å²) >= 11 is 0. The second-order valence-electron chi connectivity index (χ2n) is 6.78. The molecule has 3 nitrogen and oxygen atoms in total. The van der Waals surface area contributed by atoms with Crippen molar-refractivity contribution in [1.82, 2.24) is 15.1 Å². The lowest BCUT2D eigenvalue weighted by Gasteiger charge is -2.36. The van der Waals surface area contributed by atoms with Gasteiger partial charge in [-0.2, -0.15) is 0 Å². The van der Waals surface area contributed by atoms with Crippen LogP contribution in [0.4, 0.5) is 0 Å². The van der Waals surface area contributed by atoms with Gasteiger partial charge in [-0.25, -0.2) is 0 Å². The van der Waals surface area contributed by atoms with Crippen LogP contribution in [0.3, 0.4) is 0 Å². The third kappa shape index (κ3) is 5.54. The number of nitrogens with zero attached hydrogens (tertiary/aromatic N) is 2. The minimum absolute atomic E-state index is 0.466. The van der Waals surface area contributed by atoms with Gasteiger partial charge in [0.15, 0.2) is 0 Å². The second kappa shape index (κ2) is 9.81. The van der Waals surface area contributed by atoms with E-state index in [4.69, 9.17) is 0 Å². The highest BCUT2D eigenvalue weighted by atomic mass is 15.3. The summed E-state index contributed by atoms with van der Waals surface area (Å²) < 4.78 is 0. The molecule has 0 spiro atoms. The number of likely N-dealkylation sites (tertiary alicyclic amines) is 1. The monoisotopic (exact) mass is 297 g/mol. The molecular weight excluding hydrogens is 258 g/mol. The number of hydrogen-bond acceptors (Lipinski definition) is 3. The van der Waals surface area contributed by atoms with E-state index in [2.05, 4.69) is 49.7 Å². The lowest BCUT2D eigenvalue weighted by molar-refractivity contribution is 0.141. The van der Waals surface area contributed by atoms with Crippen molar-refractivity contribution in [3.05, 3.63) is 0 Å². The average molecular weight is 298 g/mol. The van der Waals surface area contributed by atoms with Crippen LogP contribution in [-0.2, 0) is 0 Å². The Labute approximate surface area is 133 Å². The molecule has 1 N–H and O–H groups in total. The summed E-state index contributed by atoms with van der Waals surface area (Å²) in [6.45, 7) is 20.1. The highest BCUT2D eigenvalue weighted by Crippen LogP contribution is 2.29. The van der Waals surface area contributed by atoms with Crippen LogP contribution in [-0.4, -0.2) is 61.7 Å². The van der Waals surface area contributed by atoms with Crippen molar-refractivity contribution in [2.24, 2.45) is 5.41 Å². The number of rotatable bonds is 11. The molecular formula is C18H39N3. The van der Waals surface area contributed by atoms with E-state index in [0.717, 1.165) is 12.6 Å². The largest absolute Gasteiger partial charge is 0.316 e. The average Bonchev–Trinajstić information content (AvgIpc) is 2.96. The van der Waals surface area contributed by atoms with Gasteiger partial charge in [0.05, 0.1) is 0 Å². The zero-order valence-corrected chi connectivity index (χ0v) is 15.2. The first kappa shape index (κ1) is 18.9. The highest BCUT2D eigenvalue weighted by Gasteiger charge is 2.33. The number of likely N-dealkylation sites (N-methyl/N-ethyl adjacent to an activating group) is 1. The first-order valence-electron chi connectivity index (χ1n) is 9.31. The van der Waals surface area contributed by atoms with Crippen LogP contribution in [0.1, 0.15) is 60.3 Å². The lowest BCUT2D eigenvalue weighted by Crippen LogP contribution is -2.44. The van der Waals surface area contributed by atoms with Crippen molar-refractivity contribution in [3.63, 3.8) is 0 Å². The second-order valence-corrected chi connectivity index (χ2v) is 6.78. The maximum absolute atomic E-state index is 3.67. The molecule has 1 saturated heterocycles. The first-order chi connectivity index (χ1) is 10.1. The van der Waals surface area contributed by atoms with Crippen molar-refractivity contribution in [2.75, 3.05) is 45.8 Å². The van der Waals surface area contributed by atoms with Crippen molar-refractivity contribution >= 4 is 0 Å². The molecule has 0 aromatic heterocycles. The Balaban J connectivity index is 2.52. The van der Waals surface area contributed by atoms with Gasteiger partial charge >= 0.3 is 0 Å². The molecule has 1 unspecified atom stereocenters. The van der Waals surface area contributed by atoms with E-state index in [9.17, 15) is 0 Å². The predicted molar refractivity (Wildman–Crippen MR) is 93.9 cm³/mol. The summed E-state index contributed by atoms with van der Waals surface area (Å²) in [7, 11) is 0. The summed E-state index contributed by atoms with van der Waals surface area (Å²) in [6.07, 6.45) is 5.16. The summed E-state index contributed by atoms with van der Waals surface area (Å²) in [4.78, 5) is 5.36.